The van der Waals surface area contributed by atoms with Gasteiger partial charge < -0.3 is 16.5 Å². The molecule has 0 fully saturated rings. The molecule has 0 aliphatic rings. The van der Waals surface area contributed by atoms with Crippen molar-refractivity contribution in [3.63, 3.8) is 0 Å². The van der Waals surface area contributed by atoms with Crippen molar-refractivity contribution in [3.8, 4) is 11.1 Å². The molecule has 0 spiro atoms. The summed E-state index contributed by atoms with van der Waals surface area (Å²) in [7, 11) is 0. The van der Waals surface area contributed by atoms with Crippen LogP contribution in [0.4, 0.5) is 11.4 Å². The van der Waals surface area contributed by atoms with E-state index in [2.05, 4.69) is 4.98 Å². The lowest BCUT2D eigenvalue weighted by Gasteiger charge is -2.14. The molecule has 0 bridgehead atoms. The number of pyridine rings is 1. The third-order valence-electron chi connectivity index (χ3n) is 3.66. The van der Waals surface area contributed by atoms with Gasteiger partial charge in [0.15, 0.2) is 0 Å². The third kappa shape index (κ3) is 2.59. The minimum Gasteiger partial charge on any atom is -0.396 e. The quantitative estimate of drug-likeness (QED) is 0.693. The van der Waals surface area contributed by atoms with Crippen LogP contribution in [-0.2, 0) is 6.42 Å². The molecule has 1 heterocycles. The van der Waals surface area contributed by atoms with Crippen LogP contribution in [-0.4, -0.2) is 4.98 Å². The molecule has 0 saturated heterocycles. The van der Waals surface area contributed by atoms with Gasteiger partial charge in [-0.1, -0.05) is 60.7 Å². The topological polar surface area (TPSA) is 84.9 Å². The van der Waals surface area contributed by atoms with Gasteiger partial charge in [-0.25, -0.2) is 0 Å². The lowest BCUT2D eigenvalue weighted by atomic mass is 9.97. The standard InChI is InChI=1S/C18H17N3O/c19-16-15(13-9-5-2-6-10-13)14(21-18(22)17(16)20)11-12-7-3-1-4-8-12/h1-10H,11,20H2,(H3,19,21,22). The van der Waals surface area contributed by atoms with Crippen LogP contribution in [0.15, 0.2) is 65.5 Å². The number of nitrogens with one attached hydrogen (secondary N) is 1. The molecule has 0 aliphatic heterocycles. The highest BCUT2D eigenvalue weighted by atomic mass is 16.1. The summed E-state index contributed by atoms with van der Waals surface area (Å²) in [5, 5.41) is 0. The number of nitrogen functional groups attached to an aromatic ring is 2. The Morgan fingerprint density at radius 2 is 1.41 bits per heavy atom. The molecule has 0 amide bonds. The smallest absolute Gasteiger partial charge is 0.273 e. The third-order valence-corrected chi connectivity index (χ3v) is 3.66. The Morgan fingerprint density at radius 3 is 2.05 bits per heavy atom. The number of hydrogen-bond donors (Lipinski definition) is 3. The van der Waals surface area contributed by atoms with Gasteiger partial charge in [-0.15, -0.1) is 0 Å². The molecule has 0 unspecified atom stereocenters. The first-order valence-electron chi connectivity index (χ1n) is 7.06. The first-order valence-corrected chi connectivity index (χ1v) is 7.06. The first kappa shape index (κ1) is 13.9. The zero-order valence-electron chi connectivity index (χ0n) is 12.0. The van der Waals surface area contributed by atoms with Gasteiger partial charge in [-0.3, -0.25) is 4.79 Å². The second-order valence-corrected chi connectivity index (χ2v) is 5.16. The molecule has 0 atom stereocenters. The predicted molar refractivity (Wildman–Crippen MR) is 90.6 cm³/mol. The van der Waals surface area contributed by atoms with Crippen LogP contribution in [0.25, 0.3) is 11.1 Å². The van der Waals surface area contributed by atoms with Crippen LogP contribution in [0.5, 0.6) is 0 Å². The van der Waals surface area contributed by atoms with Gasteiger partial charge in [0, 0.05) is 17.7 Å². The summed E-state index contributed by atoms with van der Waals surface area (Å²) < 4.78 is 0. The summed E-state index contributed by atoms with van der Waals surface area (Å²) in [6.45, 7) is 0. The first-order chi connectivity index (χ1) is 10.7. The second-order valence-electron chi connectivity index (χ2n) is 5.16. The van der Waals surface area contributed by atoms with Crippen molar-refractivity contribution in [2.24, 2.45) is 0 Å². The van der Waals surface area contributed by atoms with Crippen molar-refractivity contribution < 1.29 is 0 Å². The molecule has 0 aliphatic carbocycles. The van der Waals surface area contributed by atoms with Crippen molar-refractivity contribution >= 4 is 11.4 Å². The molecular weight excluding hydrogens is 274 g/mol. The van der Waals surface area contributed by atoms with Gasteiger partial charge in [0.05, 0.1) is 5.69 Å². The Morgan fingerprint density at radius 1 is 0.818 bits per heavy atom. The van der Waals surface area contributed by atoms with Gasteiger partial charge in [-0.2, -0.15) is 0 Å². The van der Waals surface area contributed by atoms with Crippen LogP contribution < -0.4 is 17.0 Å². The highest BCUT2D eigenvalue weighted by Crippen LogP contribution is 2.31. The van der Waals surface area contributed by atoms with Crippen LogP contribution in [0.2, 0.25) is 0 Å². The van der Waals surface area contributed by atoms with E-state index >= 15 is 0 Å². The number of aromatic nitrogens is 1. The Labute approximate surface area is 128 Å². The molecule has 110 valence electrons. The molecule has 1 aromatic heterocycles. The van der Waals surface area contributed by atoms with E-state index in [-0.39, 0.29) is 11.2 Å². The fourth-order valence-electron chi connectivity index (χ4n) is 2.55. The van der Waals surface area contributed by atoms with Gasteiger partial charge in [-0.05, 0) is 11.1 Å². The van der Waals surface area contributed by atoms with E-state index in [9.17, 15) is 4.79 Å². The Balaban J connectivity index is 2.19. The number of anilines is 2. The molecular formula is C18H17N3O. The molecule has 0 saturated carbocycles. The normalized spacial score (nSPS) is 10.5. The summed E-state index contributed by atoms with van der Waals surface area (Å²) in [6, 6.07) is 19.6. The summed E-state index contributed by atoms with van der Waals surface area (Å²) in [4.78, 5) is 14.8. The van der Waals surface area contributed by atoms with Crippen molar-refractivity contribution in [3.05, 3.63) is 82.3 Å². The minimum absolute atomic E-state index is 0.0654. The predicted octanol–water partition coefficient (Wildman–Crippen LogP) is 2.80. The second kappa shape index (κ2) is 5.77. The zero-order valence-corrected chi connectivity index (χ0v) is 12.0. The van der Waals surface area contributed by atoms with Crippen molar-refractivity contribution in [2.75, 3.05) is 11.5 Å². The molecule has 5 N–H and O–H groups in total. The molecule has 3 aromatic rings. The molecule has 0 radical (unpaired) electrons. The van der Waals surface area contributed by atoms with E-state index in [1.54, 1.807) is 0 Å². The summed E-state index contributed by atoms with van der Waals surface area (Å²) in [5.74, 6) is 0. The lowest BCUT2D eigenvalue weighted by molar-refractivity contribution is 1.05. The number of H-pyrrole nitrogens is 1. The number of hydrogen-bond acceptors (Lipinski definition) is 3. The molecule has 2 aromatic carbocycles. The minimum atomic E-state index is -0.344. The fraction of sp³-hybridized carbons (Fsp3) is 0.0556. The number of nitrogens with two attached hydrogens (primary N) is 2. The maximum Gasteiger partial charge on any atom is 0.273 e. The van der Waals surface area contributed by atoms with Crippen LogP contribution in [0.3, 0.4) is 0 Å². The van der Waals surface area contributed by atoms with E-state index in [0.29, 0.717) is 12.1 Å². The average molecular weight is 291 g/mol. The van der Waals surface area contributed by atoms with Gasteiger partial charge >= 0.3 is 0 Å². The fourth-order valence-corrected chi connectivity index (χ4v) is 2.55. The van der Waals surface area contributed by atoms with E-state index in [1.807, 2.05) is 60.7 Å². The van der Waals surface area contributed by atoms with Crippen LogP contribution in [0.1, 0.15) is 11.3 Å². The van der Waals surface area contributed by atoms with Crippen molar-refractivity contribution in [2.45, 2.75) is 6.42 Å². The summed E-state index contributed by atoms with van der Waals surface area (Å²) >= 11 is 0. The SMILES string of the molecule is Nc1c(-c2ccccc2)c(Cc2ccccc2)[nH]c(=O)c1N. The lowest BCUT2D eigenvalue weighted by Crippen LogP contribution is -2.18. The number of benzene rings is 2. The van der Waals surface area contributed by atoms with E-state index in [1.165, 1.54) is 0 Å². The number of aromatic amines is 1. The monoisotopic (exact) mass is 291 g/mol. The molecule has 3 rings (SSSR count). The van der Waals surface area contributed by atoms with Gasteiger partial charge in [0.2, 0.25) is 0 Å². The maximum absolute atomic E-state index is 12.0. The average Bonchev–Trinajstić information content (AvgIpc) is 2.55. The van der Waals surface area contributed by atoms with Crippen molar-refractivity contribution in [1.29, 1.82) is 0 Å². The van der Waals surface area contributed by atoms with Crippen LogP contribution >= 0.6 is 0 Å². The Hall–Kier alpha value is -3.01. The van der Waals surface area contributed by atoms with Crippen molar-refractivity contribution in [1.82, 2.24) is 4.98 Å². The highest BCUT2D eigenvalue weighted by molar-refractivity contribution is 5.85. The Bertz CT molecular complexity index is 839. The van der Waals surface area contributed by atoms with Gasteiger partial charge in [0.1, 0.15) is 5.69 Å². The maximum atomic E-state index is 12.0. The van der Waals surface area contributed by atoms with E-state index in [0.717, 1.165) is 22.4 Å². The molecule has 4 nitrogen and oxygen atoms in total. The molecule has 4 heteroatoms. The zero-order chi connectivity index (χ0) is 15.5. The summed E-state index contributed by atoms with van der Waals surface area (Å²) in [5.41, 5.74) is 15.6. The van der Waals surface area contributed by atoms with E-state index < -0.39 is 0 Å². The highest BCUT2D eigenvalue weighted by Gasteiger charge is 2.15. The van der Waals surface area contributed by atoms with Crippen LogP contribution in [0, 0.1) is 0 Å². The summed E-state index contributed by atoms with van der Waals surface area (Å²) in [6.07, 6.45) is 0.588. The largest absolute Gasteiger partial charge is 0.396 e. The number of rotatable bonds is 3. The molecule has 22 heavy (non-hydrogen) atoms. The van der Waals surface area contributed by atoms with E-state index in [4.69, 9.17) is 11.5 Å². The van der Waals surface area contributed by atoms with Gasteiger partial charge in [0.25, 0.3) is 5.56 Å². The Kier molecular flexibility index (Phi) is 3.66.